The summed E-state index contributed by atoms with van der Waals surface area (Å²) >= 11 is 0. The number of hydrogen-bond acceptors (Lipinski definition) is 3. The first kappa shape index (κ1) is 19.2. The summed E-state index contributed by atoms with van der Waals surface area (Å²) in [6.45, 7) is 5.58. The second-order valence-corrected chi connectivity index (χ2v) is 4.94. The smallest absolute Gasteiger partial charge is 0.375 e. The molecule has 0 spiro atoms. The third-order valence-electron chi connectivity index (χ3n) is 3.31. The predicted octanol–water partition coefficient (Wildman–Crippen LogP) is 4.06. The number of nitrogens with zero attached hydrogens (tertiary/aromatic N) is 3. The summed E-state index contributed by atoms with van der Waals surface area (Å²) in [6, 6.07) is 2.72. The monoisotopic (exact) mass is 329 g/mol. The number of pyridine rings is 1. The Bertz CT molecular complexity index is 608. The zero-order valence-electron chi connectivity index (χ0n) is 13.7. The van der Waals surface area contributed by atoms with Crippen molar-refractivity contribution in [2.24, 2.45) is 7.05 Å². The molecule has 7 heteroatoms. The summed E-state index contributed by atoms with van der Waals surface area (Å²) < 4.78 is 40.9. The molecule has 0 saturated heterocycles. The topological polar surface area (TPSA) is 50.9 Å². The molecule has 2 heterocycles. The zero-order valence-corrected chi connectivity index (χ0v) is 13.7. The van der Waals surface area contributed by atoms with Gasteiger partial charge in [-0.1, -0.05) is 33.3 Å². The van der Waals surface area contributed by atoms with Crippen molar-refractivity contribution < 1.29 is 18.3 Å². The number of alkyl halides is 3. The average Bonchev–Trinajstić information content (AvgIpc) is 2.95. The standard InChI is InChI=1S/C14H16F3N3O.C2H6/c1-3-6-13(21,14(15,16)17)12-5-4-10(7-18-12)11-8-19-20(2)9-11;1-2/h4-5,7-9,21H,3,6H2,1-2H3;1-2H3. The van der Waals surface area contributed by atoms with E-state index in [0.29, 0.717) is 5.56 Å². The van der Waals surface area contributed by atoms with Crippen LogP contribution in [0.1, 0.15) is 39.3 Å². The van der Waals surface area contributed by atoms with Crippen molar-refractivity contribution in [3.8, 4) is 11.1 Å². The van der Waals surface area contributed by atoms with Gasteiger partial charge in [-0.3, -0.25) is 9.67 Å². The van der Waals surface area contributed by atoms with Crippen molar-refractivity contribution in [3.63, 3.8) is 0 Å². The molecular formula is C16H22F3N3O. The molecule has 0 saturated carbocycles. The van der Waals surface area contributed by atoms with E-state index in [1.807, 2.05) is 13.8 Å². The lowest BCUT2D eigenvalue weighted by Gasteiger charge is -2.29. The van der Waals surface area contributed by atoms with Gasteiger partial charge in [0.05, 0.1) is 11.9 Å². The molecule has 4 nitrogen and oxygen atoms in total. The number of rotatable bonds is 4. The van der Waals surface area contributed by atoms with Crippen LogP contribution < -0.4 is 0 Å². The van der Waals surface area contributed by atoms with Crippen LogP contribution in [0.15, 0.2) is 30.7 Å². The molecule has 0 radical (unpaired) electrons. The van der Waals surface area contributed by atoms with E-state index in [1.165, 1.54) is 18.3 Å². The highest BCUT2D eigenvalue weighted by molar-refractivity contribution is 5.60. The number of aliphatic hydroxyl groups is 1. The molecule has 23 heavy (non-hydrogen) atoms. The van der Waals surface area contributed by atoms with Gasteiger partial charge in [0.25, 0.3) is 0 Å². The van der Waals surface area contributed by atoms with Gasteiger partial charge in [0, 0.05) is 30.6 Å². The highest BCUT2D eigenvalue weighted by atomic mass is 19.4. The van der Waals surface area contributed by atoms with Crippen molar-refractivity contribution in [1.82, 2.24) is 14.8 Å². The lowest BCUT2D eigenvalue weighted by molar-refractivity contribution is -0.270. The Hall–Kier alpha value is -1.89. The third-order valence-corrected chi connectivity index (χ3v) is 3.31. The Morgan fingerprint density at radius 3 is 2.17 bits per heavy atom. The van der Waals surface area contributed by atoms with Crippen LogP contribution in [0.3, 0.4) is 0 Å². The summed E-state index contributed by atoms with van der Waals surface area (Å²) in [7, 11) is 1.74. The lowest BCUT2D eigenvalue weighted by atomic mass is 9.92. The first-order valence-electron chi connectivity index (χ1n) is 7.52. The fraction of sp³-hybridized carbons (Fsp3) is 0.500. The Morgan fingerprint density at radius 1 is 1.13 bits per heavy atom. The Labute approximate surface area is 134 Å². The van der Waals surface area contributed by atoms with Gasteiger partial charge in [0.1, 0.15) is 0 Å². The zero-order chi connectivity index (χ0) is 17.7. The fourth-order valence-electron chi connectivity index (χ4n) is 2.16. The first-order valence-corrected chi connectivity index (χ1v) is 7.52. The minimum absolute atomic E-state index is 0.196. The summed E-state index contributed by atoms with van der Waals surface area (Å²) in [5.74, 6) is 0. The minimum atomic E-state index is -4.76. The number of halogens is 3. The van der Waals surface area contributed by atoms with Crippen molar-refractivity contribution >= 4 is 0 Å². The van der Waals surface area contributed by atoms with Gasteiger partial charge in [0.15, 0.2) is 0 Å². The van der Waals surface area contributed by atoms with E-state index in [1.54, 1.807) is 31.0 Å². The van der Waals surface area contributed by atoms with Crippen LogP contribution in [0.4, 0.5) is 13.2 Å². The highest BCUT2D eigenvalue weighted by Crippen LogP contribution is 2.41. The van der Waals surface area contributed by atoms with Crippen LogP contribution in [0.2, 0.25) is 0 Å². The quantitative estimate of drug-likeness (QED) is 0.920. The molecule has 1 atom stereocenters. The van der Waals surface area contributed by atoms with Gasteiger partial charge in [0.2, 0.25) is 5.60 Å². The number of aryl methyl sites for hydroxylation is 1. The maximum absolute atomic E-state index is 13.1. The van der Waals surface area contributed by atoms with E-state index in [2.05, 4.69) is 10.1 Å². The Balaban J connectivity index is 0.00000127. The van der Waals surface area contributed by atoms with Gasteiger partial charge in [-0.15, -0.1) is 0 Å². The molecule has 2 aromatic heterocycles. The highest BCUT2D eigenvalue weighted by Gasteiger charge is 2.55. The van der Waals surface area contributed by atoms with Crippen LogP contribution in [0.5, 0.6) is 0 Å². The van der Waals surface area contributed by atoms with E-state index < -0.39 is 18.2 Å². The Kier molecular flexibility index (Phi) is 6.32. The lowest BCUT2D eigenvalue weighted by Crippen LogP contribution is -2.42. The maximum atomic E-state index is 13.1. The van der Waals surface area contributed by atoms with Crippen molar-refractivity contribution in [2.45, 2.75) is 45.4 Å². The average molecular weight is 329 g/mol. The number of aromatic nitrogens is 3. The van der Waals surface area contributed by atoms with Crippen molar-refractivity contribution in [1.29, 1.82) is 0 Å². The molecule has 0 aliphatic carbocycles. The largest absolute Gasteiger partial charge is 0.422 e. The summed E-state index contributed by atoms with van der Waals surface area (Å²) in [5.41, 5.74) is -1.89. The molecule has 1 N–H and O–H groups in total. The second kappa shape index (κ2) is 7.59. The summed E-state index contributed by atoms with van der Waals surface area (Å²) in [6.07, 6.45) is -0.334. The van der Waals surface area contributed by atoms with Gasteiger partial charge < -0.3 is 5.11 Å². The molecule has 0 aliphatic heterocycles. The maximum Gasteiger partial charge on any atom is 0.422 e. The van der Waals surface area contributed by atoms with Crippen LogP contribution in [-0.4, -0.2) is 26.0 Å². The normalized spacial score (nSPS) is 13.9. The molecule has 0 bridgehead atoms. The fourth-order valence-corrected chi connectivity index (χ4v) is 2.16. The van der Waals surface area contributed by atoms with E-state index in [9.17, 15) is 18.3 Å². The molecule has 128 valence electrons. The molecule has 0 fully saturated rings. The van der Waals surface area contributed by atoms with Crippen LogP contribution in [-0.2, 0) is 12.6 Å². The molecule has 0 aromatic carbocycles. The van der Waals surface area contributed by atoms with Gasteiger partial charge in [-0.05, 0) is 12.5 Å². The van der Waals surface area contributed by atoms with Gasteiger partial charge in [-0.25, -0.2) is 0 Å². The van der Waals surface area contributed by atoms with Crippen molar-refractivity contribution in [3.05, 3.63) is 36.4 Å². The number of hydrogen-bond donors (Lipinski definition) is 1. The van der Waals surface area contributed by atoms with E-state index in [4.69, 9.17) is 0 Å². The second-order valence-electron chi connectivity index (χ2n) is 4.94. The van der Waals surface area contributed by atoms with Crippen LogP contribution in [0, 0.1) is 0 Å². The minimum Gasteiger partial charge on any atom is -0.375 e. The predicted molar refractivity (Wildman–Crippen MR) is 82.6 cm³/mol. The first-order chi connectivity index (χ1) is 10.8. The van der Waals surface area contributed by atoms with E-state index in [0.717, 1.165) is 5.56 Å². The summed E-state index contributed by atoms with van der Waals surface area (Å²) in [4.78, 5) is 3.81. The van der Waals surface area contributed by atoms with Crippen LogP contribution in [0.25, 0.3) is 11.1 Å². The molecule has 1 unspecified atom stereocenters. The van der Waals surface area contributed by atoms with Crippen LogP contribution >= 0.6 is 0 Å². The molecular weight excluding hydrogens is 307 g/mol. The van der Waals surface area contributed by atoms with Gasteiger partial charge in [-0.2, -0.15) is 18.3 Å². The molecule has 0 amide bonds. The van der Waals surface area contributed by atoms with Gasteiger partial charge >= 0.3 is 6.18 Å². The van der Waals surface area contributed by atoms with E-state index in [-0.39, 0.29) is 12.1 Å². The van der Waals surface area contributed by atoms with E-state index >= 15 is 0 Å². The third kappa shape index (κ3) is 4.10. The molecule has 2 aromatic rings. The SMILES string of the molecule is CC.CCCC(O)(c1ccc(-c2cnn(C)c2)cn1)C(F)(F)F. The molecule has 2 rings (SSSR count). The van der Waals surface area contributed by atoms with Crippen molar-refractivity contribution in [2.75, 3.05) is 0 Å². The molecule has 0 aliphatic rings. The Morgan fingerprint density at radius 2 is 1.78 bits per heavy atom. The summed E-state index contributed by atoms with van der Waals surface area (Å²) in [5, 5.41) is 14.0.